The zero-order chi connectivity index (χ0) is 8.27. The zero-order valence-corrected chi connectivity index (χ0v) is 6.90. The second-order valence-electron chi connectivity index (χ2n) is 2.32. The highest BCUT2D eigenvalue weighted by Crippen LogP contribution is 2.11. The molecule has 0 bridgehead atoms. The Kier molecular flexibility index (Phi) is 2.39. The highest BCUT2D eigenvalue weighted by molar-refractivity contribution is 7.71. The Morgan fingerprint density at radius 3 is 2.91 bits per heavy atom. The Morgan fingerprint density at radius 2 is 2.45 bits per heavy atom. The van der Waals surface area contributed by atoms with Gasteiger partial charge in [0, 0.05) is 12.3 Å². The fourth-order valence-electron chi connectivity index (χ4n) is 0.750. The van der Waals surface area contributed by atoms with Crippen LogP contribution in [-0.2, 0) is 0 Å². The molecular formula is C6H8N4S. The first kappa shape index (κ1) is 7.95. The molecule has 1 heterocycles. The highest BCUT2D eigenvalue weighted by Gasteiger charge is 2.06. The number of nitriles is 1. The molecule has 1 rings (SSSR count). The fourth-order valence-corrected chi connectivity index (χ4v) is 0.899. The Balaban J connectivity index is 2.78. The first-order chi connectivity index (χ1) is 5.24. The van der Waals surface area contributed by atoms with E-state index in [4.69, 9.17) is 17.5 Å². The topological polar surface area (TPSA) is 68.3 Å². The molecule has 5 heteroatoms. The van der Waals surface area contributed by atoms with Crippen molar-refractivity contribution in [2.75, 3.05) is 0 Å². The minimum absolute atomic E-state index is 0.118. The molecule has 0 aliphatic heterocycles. The molecule has 0 fully saturated rings. The SMILES string of the molecule is CC(CC#N)c1nc(=S)[nH][nH]1. The maximum Gasteiger partial charge on any atom is 0.213 e. The average Bonchev–Trinajstić information content (AvgIpc) is 2.36. The van der Waals surface area contributed by atoms with Gasteiger partial charge in [0.1, 0.15) is 5.82 Å². The summed E-state index contributed by atoms with van der Waals surface area (Å²) in [5, 5.41) is 13.9. The molecule has 0 radical (unpaired) electrons. The van der Waals surface area contributed by atoms with E-state index < -0.39 is 0 Å². The molecule has 0 aliphatic rings. The molecule has 11 heavy (non-hydrogen) atoms. The molecule has 0 aliphatic carbocycles. The third kappa shape index (κ3) is 1.88. The molecule has 4 nitrogen and oxygen atoms in total. The van der Waals surface area contributed by atoms with Crippen molar-refractivity contribution in [1.82, 2.24) is 15.2 Å². The van der Waals surface area contributed by atoms with E-state index in [0.717, 1.165) is 5.82 Å². The van der Waals surface area contributed by atoms with Crippen LogP contribution in [0, 0.1) is 16.1 Å². The van der Waals surface area contributed by atoms with E-state index in [-0.39, 0.29) is 5.92 Å². The monoisotopic (exact) mass is 168 g/mol. The van der Waals surface area contributed by atoms with E-state index in [1.807, 2.05) is 6.92 Å². The number of rotatable bonds is 2. The highest BCUT2D eigenvalue weighted by atomic mass is 32.1. The summed E-state index contributed by atoms with van der Waals surface area (Å²) in [6.07, 6.45) is 0.454. The number of hydrogen-bond donors (Lipinski definition) is 2. The molecule has 58 valence electrons. The van der Waals surface area contributed by atoms with E-state index in [2.05, 4.69) is 21.3 Å². The minimum atomic E-state index is 0.118. The lowest BCUT2D eigenvalue weighted by molar-refractivity contribution is 0.725. The molecule has 1 atom stereocenters. The number of H-pyrrole nitrogens is 2. The lowest BCUT2D eigenvalue weighted by Crippen LogP contribution is -1.94. The lowest BCUT2D eigenvalue weighted by atomic mass is 10.1. The van der Waals surface area contributed by atoms with Crippen molar-refractivity contribution in [3.8, 4) is 6.07 Å². The summed E-state index contributed by atoms with van der Waals surface area (Å²) in [6, 6.07) is 2.07. The van der Waals surface area contributed by atoms with Gasteiger partial charge in [0.25, 0.3) is 0 Å². The summed E-state index contributed by atoms with van der Waals surface area (Å²) in [4.78, 5) is 3.98. The van der Waals surface area contributed by atoms with Gasteiger partial charge in [0.15, 0.2) is 0 Å². The molecule has 2 N–H and O–H groups in total. The van der Waals surface area contributed by atoms with Crippen molar-refractivity contribution >= 4 is 12.2 Å². The van der Waals surface area contributed by atoms with Crippen LogP contribution in [0.3, 0.4) is 0 Å². The van der Waals surface area contributed by atoms with Gasteiger partial charge in [-0.1, -0.05) is 6.92 Å². The summed E-state index contributed by atoms with van der Waals surface area (Å²) in [5.41, 5.74) is 0. The van der Waals surface area contributed by atoms with Crippen LogP contribution in [0.5, 0.6) is 0 Å². The lowest BCUT2D eigenvalue weighted by Gasteiger charge is -1.98. The Bertz CT molecular complexity index is 318. The molecule has 1 aromatic rings. The van der Waals surface area contributed by atoms with Crippen molar-refractivity contribution < 1.29 is 0 Å². The van der Waals surface area contributed by atoms with Crippen molar-refractivity contribution in [3.05, 3.63) is 10.6 Å². The average molecular weight is 168 g/mol. The van der Waals surface area contributed by atoms with Crippen LogP contribution < -0.4 is 0 Å². The molecular weight excluding hydrogens is 160 g/mol. The maximum atomic E-state index is 8.38. The summed E-state index contributed by atoms with van der Waals surface area (Å²) < 4.78 is 0.435. The van der Waals surface area contributed by atoms with Crippen LogP contribution in [-0.4, -0.2) is 15.2 Å². The Morgan fingerprint density at radius 1 is 1.73 bits per heavy atom. The van der Waals surface area contributed by atoms with E-state index >= 15 is 0 Å². The summed E-state index contributed by atoms with van der Waals surface area (Å²) in [6.45, 7) is 1.92. The quantitative estimate of drug-likeness (QED) is 0.657. The van der Waals surface area contributed by atoms with Gasteiger partial charge in [0.05, 0.1) is 6.07 Å². The van der Waals surface area contributed by atoms with Crippen molar-refractivity contribution in [1.29, 1.82) is 5.26 Å². The van der Waals surface area contributed by atoms with Gasteiger partial charge in [-0.05, 0) is 12.2 Å². The first-order valence-corrected chi connectivity index (χ1v) is 3.66. The van der Waals surface area contributed by atoms with Crippen molar-refractivity contribution in [2.45, 2.75) is 19.3 Å². The third-order valence-corrected chi connectivity index (χ3v) is 1.58. The molecule has 0 saturated carbocycles. The molecule has 0 spiro atoms. The normalized spacial score (nSPS) is 12.4. The molecule has 0 aromatic carbocycles. The summed E-state index contributed by atoms with van der Waals surface area (Å²) in [7, 11) is 0. The van der Waals surface area contributed by atoms with Gasteiger partial charge in [-0.25, -0.2) is 4.98 Å². The molecule has 1 unspecified atom stereocenters. The van der Waals surface area contributed by atoms with Gasteiger partial charge >= 0.3 is 0 Å². The largest absolute Gasteiger partial charge is 0.285 e. The molecule has 0 amide bonds. The smallest absolute Gasteiger partial charge is 0.213 e. The van der Waals surface area contributed by atoms with Gasteiger partial charge in [0.2, 0.25) is 4.77 Å². The zero-order valence-electron chi connectivity index (χ0n) is 6.09. The van der Waals surface area contributed by atoms with Crippen LogP contribution in [0.2, 0.25) is 0 Å². The number of hydrogen-bond acceptors (Lipinski definition) is 3. The summed E-state index contributed by atoms with van der Waals surface area (Å²) in [5.74, 6) is 0.865. The third-order valence-electron chi connectivity index (χ3n) is 1.38. The standard InChI is InChI=1S/C6H8N4S/c1-4(2-3-7)5-8-6(11)10-9-5/h4H,2H2,1H3,(H2,8,9,10,11). The van der Waals surface area contributed by atoms with Gasteiger partial charge < -0.3 is 0 Å². The van der Waals surface area contributed by atoms with E-state index in [1.165, 1.54) is 0 Å². The van der Waals surface area contributed by atoms with Crippen LogP contribution >= 0.6 is 12.2 Å². The van der Waals surface area contributed by atoms with Crippen LogP contribution in [0.25, 0.3) is 0 Å². The second kappa shape index (κ2) is 3.30. The number of nitrogens with zero attached hydrogens (tertiary/aromatic N) is 2. The summed E-state index contributed by atoms with van der Waals surface area (Å²) >= 11 is 4.76. The van der Waals surface area contributed by atoms with E-state index in [9.17, 15) is 0 Å². The van der Waals surface area contributed by atoms with Crippen LogP contribution in [0.4, 0.5) is 0 Å². The molecule has 0 saturated heterocycles. The first-order valence-electron chi connectivity index (χ1n) is 3.25. The fraction of sp³-hybridized carbons (Fsp3) is 0.500. The number of nitrogens with one attached hydrogen (secondary N) is 2. The van der Waals surface area contributed by atoms with Crippen LogP contribution in [0.1, 0.15) is 25.1 Å². The minimum Gasteiger partial charge on any atom is -0.285 e. The van der Waals surface area contributed by atoms with Gasteiger partial charge in [-0.3, -0.25) is 10.2 Å². The van der Waals surface area contributed by atoms with Crippen molar-refractivity contribution in [3.63, 3.8) is 0 Å². The van der Waals surface area contributed by atoms with Gasteiger partial charge in [-0.15, -0.1) is 0 Å². The second-order valence-corrected chi connectivity index (χ2v) is 2.70. The predicted molar refractivity (Wildman–Crippen MR) is 42.4 cm³/mol. The number of aromatic amines is 2. The Hall–Kier alpha value is -1.15. The Labute approximate surface area is 69.3 Å². The predicted octanol–water partition coefficient (Wildman–Crippen LogP) is 1.48. The molecule has 1 aromatic heterocycles. The van der Waals surface area contributed by atoms with Crippen LogP contribution in [0.15, 0.2) is 0 Å². The van der Waals surface area contributed by atoms with E-state index in [0.29, 0.717) is 11.2 Å². The van der Waals surface area contributed by atoms with Crippen molar-refractivity contribution in [2.24, 2.45) is 0 Å². The van der Waals surface area contributed by atoms with E-state index in [1.54, 1.807) is 0 Å². The number of aromatic nitrogens is 3. The maximum absolute atomic E-state index is 8.38. The van der Waals surface area contributed by atoms with Gasteiger partial charge in [-0.2, -0.15) is 5.26 Å².